The van der Waals surface area contributed by atoms with Gasteiger partial charge < -0.3 is 4.74 Å². The predicted molar refractivity (Wildman–Crippen MR) is 60.4 cm³/mol. The average Bonchev–Trinajstić information content (AvgIpc) is 2.51. The molecule has 1 heterocycles. The number of amidine groups is 1. The summed E-state index contributed by atoms with van der Waals surface area (Å²) >= 11 is 0. The van der Waals surface area contributed by atoms with Gasteiger partial charge in [0.05, 0.1) is 5.56 Å². The number of alkyl halides is 1. The molecule has 1 N–H and O–H groups in total. The smallest absolute Gasteiger partial charge is 0.263 e. The number of rotatable bonds is 2. The molecule has 0 radical (unpaired) electrons. The van der Waals surface area contributed by atoms with Gasteiger partial charge in [0.15, 0.2) is 0 Å². The Morgan fingerprint density at radius 3 is 2.76 bits per heavy atom. The van der Waals surface area contributed by atoms with Crippen LogP contribution in [0.1, 0.15) is 12.5 Å². The number of benzene rings is 1. The van der Waals surface area contributed by atoms with E-state index in [9.17, 15) is 12.8 Å². The number of nitrogens with zero attached hydrogens (tertiary/aromatic N) is 1. The lowest BCUT2D eigenvalue weighted by Gasteiger charge is -2.09. The minimum atomic E-state index is -3.61. The molecular formula is C10H11FN2O3S. The summed E-state index contributed by atoms with van der Waals surface area (Å²) in [5.74, 6) is 0.322. The highest BCUT2D eigenvalue weighted by Gasteiger charge is 2.33. The van der Waals surface area contributed by atoms with E-state index in [1.54, 1.807) is 0 Å². The molecule has 92 valence electrons. The second-order valence-electron chi connectivity index (χ2n) is 3.47. The maximum Gasteiger partial charge on any atom is 0.263 e. The molecule has 1 aromatic rings. The Bertz CT molecular complexity index is 581. The van der Waals surface area contributed by atoms with Crippen molar-refractivity contribution in [2.24, 2.45) is 4.99 Å². The molecule has 5 nitrogen and oxygen atoms in total. The second kappa shape index (κ2) is 3.99. The lowest BCUT2D eigenvalue weighted by Crippen LogP contribution is -2.22. The monoisotopic (exact) mass is 258 g/mol. The zero-order valence-corrected chi connectivity index (χ0v) is 10.1. The molecule has 0 saturated carbocycles. The molecular weight excluding hydrogens is 247 g/mol. The third kappa shape index (κ3) is 1.97. The average molecular weight is 258 g/mol. The molecule has 1 aliphatic rings. The quantitative estimate of drug-likeness (QED) is 0.862. The number of aliphatic imine (C=N–C) groups is 1. The number of hydrogen-bond donors (Lipinski definition) is 1. The molecule has 7 heteroatoms. The third-order valence-electron chi connectivity index (χ3n) is 2.26. The largest absolute Gasteiger partial charge is 0.460 e. The molecule has 0 spiro atoms. The van der Waals surface area contributed by atoms with E-state index >= 15 is 0 Å². The van der Waals surface area contributed by atoms with Gasteiger partial charge in [-0.15, -0.1) is 0 Å². The van der Waals surface area contributed by atoms with Gasteiger partial charge in [-0.2, -0.15) is 0 Å². The molecule has 0 bridgehead atoms. The zero-order valence-electron chi connectivity index (χ0n) is 9.27. The van der Waals surface area contributed by atoms with Crippen LogP contribution in [0.5, 0.6) is 5.75 Å². The highest BCUT2D eigenvalue weighted by molar-refractivity contribution is 7.90. The van der Waals surface area contributed by atoms with Crippen molar-refractivity contribution < 1.29 is 17.5 Å². The standard InChI is InChI=1S/C10H11FN2O3S/c1-6(11)16-7-4-3-5-8-9(7)10(12-2)13-17(8,14)15/h3-6H,1-2H3,(H,12,13). The normalized spacial score (nSPS) is 20.8. The first-order valence-corrected chi connectivity index (χ1v) is 6.37. The van der Waals surface area contributed by atoms with Gasteiger partial charge >= 0.3 is 0 Å². The number of fused-ring (bicyclic) bond motifs is 1. The summed E-state index contributed by atoms with van der Waals surface area (Å²) in [5.41, 5.74) is 0.277. The van der Waals surface area contributed by atoms with Gasteiger partial charge in [0.2, 0.25) is 6.36 Å². The second-order valence-corrected chi connectivity index (χ2v) is 5.12. The topological polar surface area (TPSA) is 67.8 Å². The minimum Gasteiger partial charge on any atom is -0.460 e. The molecule has 1 atom stereocenters. The number of hydrogen-bond acceptors (Lipinski definition) is 4. The molecule has 17 heavy (non-hydrogen) atoms. The summed E-state index contributed by atoms with van der Waals surface area (Å²) in [6, 6.07) is 4.42. The summed E-state index contributed by atoms with van der Waals surface area (Å²) in [7, 11) is -2.16. The molecule has 2 rings (SSSR count). The Hall–Kier alpha value is -1.63. The van der Waals surface area contributed by atoms with E-state index in [1.165, 1.54) is 32.2 Å². The Kier molecular flexibility index (Phi) is 2.78. The van der Waals surface area contributed by atoms with Crippen LogP contribution in [-0.2, 0) is 10.0 Å². The molecule has 1 unspecified atom stereocenters. The van der Waals surface area contributed by atoms with Crippen molar-refractivity contribution in [1.29, 1.82) is 0 Å². The number of halogens is 1. The van der Waals surface area contributed by atoms with Crippen molar-refractivity contribution in [1.82, 2.24) is 4.72 Å². The lowest BCUT2D eigenvalue weighted by atomic mass is 10.2. The summed E-state index contributed by atoms with van der Waals surface area (Å²) < 4.78 is 43.5. The van der Waals surface area contributed by atoms with Crippen LogP contribution in [0.4, 0.5) is 4.39 Å². The molecule has 0 aliphatic carbocycles. The van der Waals surface area contributed by atoms with Crippen molar-refractivity contribution in [3.05, 3.63) is 23.8 Å². The summed E-state index contributed by atoms with van der Waals surface area (Å²) in [6.45, 7) is 1.22. The van der Waals surface area contributed by atoms with Gasteiger partial charge in [0, 0.05) is 14.0 Å². The van der Waals surface area contributed by atoms with Gasteiger partial charge in [-0.1, -0.05) is 6.07 Å². The Morgan fingerprint density at radius 2 is 2.18 bits per heavy atom. The van der Waals surface area contributed by atoms with Crippen molar-refractivity contribution in [3.63, 3.8) is 0 Å². The van der Waals surface area contributed by atoms with E-state index in [0.717, 1.165) is 0 Å². The summed E-state index contributed by atoms with van der Waals surface area (Å²) in [6.07, 6.45) is -1.53. The maximum atomic E-state index is 12.8. The SMILES string of the molecule is CN=C1NS(=O)(=O)c2cccc(OC(C)F)c21. The first-order valence-electron chi connectivity index (χ1n) is 4.89. The first-order chi connectivity index (χ1) is 7.95. The summed E-state index contributed by atoms with van der Waals surface area (Å²) in [4.78, 5) is 3.87. The number of ether oxygens (including phenoxy) is 1. The molecule has 0 amide bonds. The molecule has 1 aliphatic heterocycles. The van der Waals surface area contributed by atoms with Crippen LogP contribution >= 0.6 is 0 Å². The van der Waals surface area contributed by atoms with Crippen LogP contribution in [0.25, 0.3) is 0 Å². The van der Waals surface area contributed by atoms with Gasteiger partial charge in [-0.25, -0.2) is 12.8 Å². The predicted octanol–water partition coefficient (Wildman–Crippen LogP) is 1.05. The molecule has 0 aromatic heterocycles. The highest BCUT2D eigenvalue weighted by atomic mass is 32.2. The maximum absolute atomic E-state index is 12.8. The first kappa shape index (κ1) is 11.8. The van der Waals surface area contributed by atoms with Crippen LogP contribution < -0.4 is 9.46 Å². The van der Waals surface area contributed by atoms with Crippen LogP contribution in [0, 0.1) is 0 Å². The Morgan fingerprint density at radius 1 is 1.47 bits per heavy atom. The fraction of sp³-hybridized carbons (Fsp3) is 0.300. The van der Waals surface area contributed by atoms with Gasteiger partial charge in [0.1, 0.15) is 16.5 Å². The van der Waals surface area contributed by atoms with Gasteiger partial charge in [0.25, 0.3) is 10.0 Å². The van der Waals surface area contributed by atoms with Gasteiger partial charge in [-0.3, -0.25) is 9.71 Å². The fourth-order valence-electron chi connectivity index (χ4n) is 1.63. The minimum absolute atomic E-state index is 0.0521. The van der Waals surface area contributed by atoms with E-state index < -0.39 is 16.4 Å². The van der Waals surface area contributed by atoms with Crippen molar-refractivity contribution in [2.75, 3.05) is 7.05 Å². The Labute approximate surface area is 98.4 Å². The zero-order chi connectivity index (χ0) is 12.6. The van der Waals surface area contributed by atoms with Crippen LogP contribution in [0.3, 0.4) is 0 Å². The van der Waals surface area contributed by atoms with Crippen molar-refractivity contribution >= 4 is 15.9 Å². The van der Waals surface area contributed by atoms with Crippen LogP contribution in [-0.4, -0.2) is 27.7 Å². The highest BCUT2D eigenvalue weighted by Crippen LogP contribution is 2.31. The van der Waals surface area contributed by atoms with E-state index in [0.29, 0.717) is 0 Å². The fourth-order valence-corrected chi connectivity index (χ4v) is 2.91. The third-order valence-corrected chi connectivity index (χ3v) is 3.64. The van der Waals surface area contributed by atoms with E-state index in [1.807, 2.05) is 0 Å². The lowest BCUT2D eigenvalue weighted by molar-refractivity contribution is 0.0856. The summed E-state index contributed by atoms with van der Waals surface area (Å²) in [5, 5.41) is 0. The Balaban J connectivity index is 2.65. The van der Waals surface area contributed by atoms with Crippen LogP contribution in [0.2, 0.25) is 0 Å². The van der Waals surface area contributed by atoms with Crippen molar-refractivity contribution in [2.45, 2.75) is 18.2 Å². The van der Waals surface area contributed by atoms with E-state index in [-0.39, 0.29) is 22.0 Å². The van der Waals surface area contributed by atoms with Crippen molar-refractivity contribution in [3.8, 4) is 5.75 Å². The van der Waals surface area contributed by atoms with E-state index in [2.05, 4.69) is 9.71 Å². The molecule has 0 saturated heterocycles. The molecule has 0 fully saturated rings. The molecule has 1 aromatic carbocycles. The van der Waals surface area contributed by atoms with Crippen LogP contribution in [0.15, 0.2) is 28.1 Å². The van der Waals surface area contributed by atoms with Gasteiger partial charge in [-0.05, 0) is 12.1 Å². The van der Waals surface area contributed by atoms with E-state index in [4.69, 9.17) is 4.74 Å². The number of nitrogens with one attached hydrogen (secondary N) is 1. The number of sulfonamides is 1.